The third kappa shape index (κ3) is 3.61. The minimum Gasteiger partial charge on any atom is -0.455 e. The molecule has 0 radical (unpaired) electrons. The molecule has 0 spiro atoms. The van der Waals surface area contributed by atoms with E-state index in [1.54, 1.807) is 46.3 Å². The smallest absolute Gasteiger partial charge is 0.256 e. The van der Waals surface area contributed by atoms with Crippen molar-refractivity contribution < 1.29 is 19.4 Å². The molecule has 2 N–H and O–H groups in total. The SMILES string of the molecule is CNC(=O)c1c(C)sc2cc(Oc3ccnn4cc(C(=O)N5C[C@@H](O)C[C@H]5C)c(C)c34)ccc12. The molecule has 3 aromatic heterocycles. The number of aliphatic hydroxyl groups excluding tert-OH is 1. The maximum absolute atomic E-state index is 13.2. The Bertz CT molecular complexity index is 1440. The van der Waals surface area contributed by atoms with Gasteiger partial charge >= 0.3 is 0 Å². The fourth-order valence-electron chi connectivity index (χ4n) is 4.76. The van der Waals surface area contributed by atoms with E-state index in [1.807, 2.05) is 39.0 Å². The lowest BCUT2D eigenvalue weighted by Gasteiger charge is -2.20. The average molecular weight is 479 g/mol. The van der Waals surface area contributed by atoms with Crippen molar-refractivity contribution in [3.63, 3.8) is 0 Å². The summed E-state index contributed by atoms with van der Waals surface area (Å²) in [5.41, 5.74) is 2.72. The van der Waals surface area contributed by atoms with Crippen LogP contribution in [0.25, 0.3) is 15.6 Å². The monoisotopic (exact) mass is 478 g/mol. The first-order chi connectivity index (χ1) is 16.3. The Hall–Kier alpha value is -3.43. The standard InChI is InChI=1S/C25H26N4O4S/c1-13-9-16(30)11-28(13)25(32)19-12-29-23(14(19)2)20(7-8-27-29)33-17-5-6-18-21(10-17)34-15(3)22(18)24(31)26-4/h5-8,10,12-13,16,30H,9,11H2,1-4H3,(H,26,31)/t13-,16+/m1/s1. The highest BCUT2D eigenvalue weighted by atomic mass is 32.1. The molecule has 2 atom stereocenters. The Morgan fingerprint density at radius 2 is 2.06 bits per heavy atom. The minimum absolute atomic E-state index is 0.0192. The Morgan fingerprint density at radius 3 is 2.76 bits per heavy atom. The van der Waals surface area contributed by atoms with Crippen LogP contribution in [-0.2, 0) is 0 Å². The van der Waals surface area contributed by atoms with E-state index in [1.165, 1.54) is 0 Å². The molecule has 9 heteroatoms. The van der Waals surface area contributed by atoms with Gasteiger partial charge in [-0.3, -0.25) is 9.59 Å². The van der Waals surface area contributed by atoms with Crippen LogP contribution in [0, 0.1) is 13.8 Å². The minimum atomic E-state index is -0.493. The zero-order chi connectivity index (χ0) is 24.1. The summed E-state index contributed by atoms with van der Waals surface area (Å²) in [6.07, 6.45) is 3.44. The Labute approximate surface area is 200 Å². The number of carbonyl (C=O) groups is 2. The van der Waals surface area contributed by atoms with Crippen molar-refractivity contribution in [2.75, 3.05) is 13.6 Å². The van der Waals surface area contributed by atoms with Crippen molar-refractivity contribution in [2.24, 2.45) is 0 Å². The molecule has 176 valence electrons. The summed E-state index contributed by atoms with van der Waals surface area (Å²) in [6, 6.07) is 7.42. The number of hydrogen-bond acceptors (Lipinski definition) is 6. The Morgan fingerprint density at radius 1 is 1.26 bits per heavy atom. The lowest BCUT2D eigenvalue weighted by Crippen LogP contribution is -2.34. The number of aliphatic hydroxyl groups is 1. The van der Waals surface area contributed by atoms with Gasteiger partial charge in [0.1, 0.15) is 11.3 Å². The summed E-state index contributed by atoms with van der Waals surface area (Å²) in [6.45, 7) is 6.10. The summed E-state index contributed by atoms with van der Waals surface area (Å²) in [7, 11) is 1.63. The van der Waals surface area contributed by atoms with Gasteiger partial charge < -0.3 is 20.1 Å². The quantitative estimate of drug-likeness (QED) is 0.464. The van der Waals surface area contributed by atoms with E-state index in [9.17, 15) is 14.7 Å². The molecule has 0 unspecified atom stereocenters. The normalized spacial score (nSPS) is 18.1. The van der Waals surface area contributed by atoms with Gasteiger partial charge in [-0.15, -0.1) is 11.3 Å². The number of ether oxygens (including phenoxy) is 1. The first-order valence-corrected chi connectivity index (χ1v) is 12.0. The second kappa shape index (κ2) is 8.41. The van der Waals surface area contributed by atoms with Gasteiger partial charge in [-0.2, -0.15) is 5.10 Å². The van der Waals surface area contributed by atoms with Gasteiger partial charge in [0.2, 0.25) is 0 Å². The van der Waals surface area contributed by atoms with Crippen molar-refractivity contribution >= 4 is 38.8 Å². The zero-order valence-corrected chi connectivity index (χ0v) is 20.3. The highest BCUT2D eigenvalue weighted by Gasteiger charge is 2.33. The number of likely N-dealkylation sites (tertiary alicyclic amines) is 1. The van der Waals surface area contributed by atoms with Crippen LogP contribution in [0.1, 0.15) is 44.5 Å². The third-order valence-electron chi connectivity index (χ3n) is 6.45. The van der Waals surface area contributed by atoms with Crippen LogP contribution < -0.4 is 10.1 Å². The number of nitrogens with one attached hydrogen (secondary N) is 1. The molecule has 2 amide bonds. The number of fused-ring (bicyclic) bond motifs is 2. The molecule has 1 fully saturated rings. The van der Waals surface area contributed by atoms with Crippen LogP contribution in [0.2, 0.25) is 0 Å². The molecule has 0 aliphatic carbocycles. The predicted octanol–water partition coefficient (Wildman–Crippen LogP) is 3.91. The van der Waals surface area contributed by atoms with Crippen molar-refractivity contribution in [3.8, 4) is 11.5 Å². The van der Waals surface area contributed by atoms with E-state index in [2.05, 4.69) is 10.4 Å². The fourth-order valence-corrected chi connectivity index (χ4v) is 5.85. The van der Waals surface area contributed by atoms with Crippen LogP contribution in [-0.4, -0.2) is 57.2 Å². The van der Waals surface area contributed by atoms with Gasteiger partial charge in [0.25, 0.3) is 11.8 Å². The highest BCUT2D eigenvalue weighted by Crippen LogP contribution is 2.36. The molecule has 1 aliphatic rings. The van der Waals surface area contributed by atoms with Crippen LogP contribution in [0.5, 0.6) is 11.5 Å². The lowest BCUT2D eigenvalue weighted by atomic mass is 10.1. The second-order valence-electron chi connectivity index (χ2n) is 8.72. The third-order valence-corrected chi connectivity index (χ3v) is 7.52. The summed E-state index contributed by atoms with van der Waals surface area (Å²) in [5, 5.41) is 17.9. The van der Waals surface area contributed by atoms with Crippen molar-refractivity contribution in [3.05, 3.63) is 58.2 Å². The van der Waals surface area contributed by atoms with Crippen LogP contribution in [0.15, 0.2) is 36.7 Å². The number of nitrogens with zero attached hydrogens (tertiary/aromatic N) is 3. The Kier molecular flexibility index (Phi) is 5.53. The molecule has 34 heavy (non-hydrogen) atoms. The van der Waals surface area contributed by atoms with E-state index >= 15 is 0 Å². The number of aromatic nitrogens is 2. The van der Waals surface area contributed by atoms with Gasteiger partial charge in [0, 0.05) is 46.9 Å². The fraction of sp³-hybridized carbons (Fsp3) is 0.320. The molecule has 8 nitrogen and oxygen atoms in total. The van der Waals surface area contributed by atoms with Gasteiger partial charge in [-0.1, -0.05) is 0 Å². The van der Waals surface area contributed by atoms with Gasteiger partial charge in [-0.25, -0.2) is 4.52 Å². The summed E-state index contributed by atoms with van der Waals surface area (Å²) in [5.74, 6) is 1.000. The summed E-state index contributed by atoms with van der Waals surface area (Å²) in [4.78, 5) is 28.2. The number of aryl methyl sites for hydroxylation is 2. The van der Waals surface area contributed by atoms with E-state index in [0.717, 1.165) is 20.5 Å². The number of amides is 2. The topological polar surface area (TPSA) is 96.2 Å². The largest absolute Gasteiger partial charge is 0.455 e. The number of benzene rings is 1. The molecule has 4 aromatic rings. The van der Waals surface area contributed by atoms with Gasteiger partial charge in [0.15, 0.2) is 5.75 Å². The van der Waals surface area contributed by atoms with Crippen molar-refractivity contribution in [1.82, 2.24) is 19.8 Å². The van der Waals surface area contributed by atoms with Crippen LogP contribution >= 0.6 is 11.3 Å². The van der Waals surface area contributed by atoms with Gasteiger partial charge in [-0.05, 0) is 51.0 Å². The predicted molar refractivity (Wildman–Crippen MR) is 131 cm³/mol. The van der Waals surface area contributed by atoms with Crippen molar-refractivity contribution in [1.29, 1.82) is 0 Å². The molecule has 0 bridgehead atoms. The molecule has 1 saturated heterocycles. The first-order valence-electron chi connectivity index (χ1n) is 11.2. The number of β-amino-alcohol motifs (C(OH)–C–C–N with tert-alkyl or cyclic N) is 1. The number of thiophene rings is 1. The Balaban J connectivity index is 1.51. The highest BCUT2D eigenvalue weighted by molar-refractivity contribution is 7.19. The van der Waals surface area contributed by atoms with Crippen molar-refractivity contribution in [2.45, 2.75) is 39.3 Å². The second-order valence-corrected chi connectivity index (χ2v) is 9.98. The van der Waals surface area contributed by atoms with Crippen LogP contribution in [0.4, 0.5) is 0 Å². The summed E-state index contributed by atoms with van der Waals surface area (Å²) < 4.78 is 8.87. The number of rotatable bonds is 4. The van der Waals surface area contributed by atoms with E-state index in [-0.39, 0.29) is 17.9 Å². The maximum atomic E-state index is 13.2. The molecular formula is C25H26N4O4S. The summed E-state index contributed by atoms with van der Waals surface area (Å²) >= 11 is 1.55. The molecule has 4 heterocycles. The van der Waals surface area contributed by atoms with Crippen LogP contribution in [0.3, 0.4) is 0 Å². The molecule has 1 aromatic carbocycles. The van der Waals surface area contributed by atoms with Gasteiger partial charge in [0.05, 0.1) is 23.4 Å². The van der Waals surface area contributed by atoms with E-state index in [4.69, 9.17) is 4.74 Å². The maximum Gasteiger partial charge on any atom is 0.256 e. The molecule has 0 saturated carbocycles. The lowest BCUT2D eigenvalue weighted by molar-refractivity contribution is 0.0725. The number of carbonyl (C=O) groups excluding carboxylic acids is 2. The first kappa shape index (κ1) is 22.4. The molecule has 5 rings (SSSR count). The number of hydrogen-bond donors (Lipinski definition) is 2. The van der Waals surface area contributed by atoms with E-state index in [0.29, 0.717) is 41.1 Å². The molecular weight excluding hydrogens is 452 g/mol. The van der Waals surface area contributed by atoms with E-state index < -0.39 is 6.10 Å². The molecule has 1 aliphatic heterocycles. The zero-order valence-electron chi connectivity index (χ0n) is 19.5. The average Bonchev–Trinajstić information content (AvgIpc) is 3.44.